The smallest absolute Gasteiger partial charge is 0.323 e. The zero-order chi connectivity index (χ0) is 27.0. The average Bonchev–Trinajstić information content (AvgIpc) is 2.95. The molecule has 0 unspecified atom stereocenters. The number of aliphatic imine (C=N–C) groups is 1. The number of piperidine rings is 1. The van der Waals surface area contributed by atoms with Gasteiger partial charge in [-0.15, -0.1) is 0 Å². The lowest BCUT2D eigenvalue weighted by Crippen LogP contribution is -2.48. The number of benzene rings is 2. The monoisotopic (exact) mass is 542 g/mol. The summed E-state index contributed by atoms with van der Waals surface area (Å²) in [4.78, 5) is 31.1. The van der Waals surface area contributed by atoms with Gasteiger partial charge in [0.15, 0.2) is 5.96 Å². The highest BCUT2D eigenvalue weighted by Crippen LogP contribution is 2.24. The molecule has 2 aromatic rings. The number of carboxylic acid groups (broad SMARTS) is 1. The first kappa shape index (κ1) is 27.4. The first-order valence-electron chi connectivity index (χ1n) is 12.8. The summed E-state index contributed by atoms with van der Waals surface area (Å²) in [6.45, 7) is 4.01. The topological polar surface area (TPSA) is 152 Å². The van der Waals surface area contributed by atoms with Crippen LogP contribution < -0.4 is 25.6 Å². The summed E-state index contributed by atoms with van der Waals surface area (Å²) in [7, 11) is -4.06. The van der Waals surface area contributed by atoms with E-state index in [1.54, 1.807) is 36.4 Å². The number of sulfonamides is 1. The Balaban J connectivity index is 1.29. The number of nitrogens with one attached hydrogen (secondary N) is 4. The largest absolute Gasteiger partial charge is 0.480 e. The fraction of sp³-hybridized carbons (Fsp3) is 0.423. The van der Waals surface area contributed by atoms with Gasteiger partial charge in [-0.1, -0.05) is 24.3 Å². The van der Waals surface area contributed by atoms with Crippen molar-refractivity contribution in [2.45, 2.75) is 30.2 Å². The minimum absolute atomic E-state index is 0.0516. The van der Waals surface area contributed by atoms with E-state index >= 15 is 0 Å². The van der Waals surface area contributed by atoms with Gasteiger partial charge in [0, 0.05) is 50.5 Å². The molecule has 0 aliphatic carbocycles. The lowest BCUT2D eigenvalue weighted by molar-refractivity contribution is -0.138. The minimum atomic E-state index is -4.06. The highest BCUT2D eigenvalue weighted by atomic mass is 32.2. The molecule has 2 aliphatic heterocycles. The number of amides is 1. The molecule has 12 heteroatoms. The predicted molar refractivity (Wildman–Crippen MR) is 145 cm³/mol. The summed E-state index contributed by atoms with van der Waals surface area (Å²) in [5, 5.41) is 18.7. The SMILES string of the molecule is O=C(NC[C@H](NS(=O)(=O)c1ccccc1)C(=O)O)c1cccc(N2CCC(CNC3=NCCCN3)CC2)c1. The van der Waals surface area contributed by atoms with Gasteiger partial charge in [0.05, 0.1) is 4.90 Å². The summed E-state index contributed by atoms with van der Waals surface area (Å²) in [6.07, 6.45) is 3.09. The molecule has 204 valence electrons. The molecule has 38 heavy (non-hydrogen) atoms. The molecule has 0 aromatic heterocycles. The zero-order valence-corrected chi connectivity index (χ0v) is 21.9. The van der Waals surface area contributed by atoms with Crippen molar-refractivity contribution >= 4 is 33.5 Å². The molecule has 2 aromatic carbocycles. The van der Waals surface area contributed by atoms with Crippen LogP contribution in [0, 0.1) is 5.92 Å². The van der Waals surface area contributed by atoms with Crippen molar-refractivity contribution in [2.24, 2.45) is 10.9 Å². The number of carboxylic acids is 1. The number of carbonyl (C=O) groups excluding carboxylic acids is 1. The molecule has 0 spiro atoms. The van der Waals surface area contributed by atoms with E-state index in [1.807, 2.05) is 6.07 Å². The molecule has 1 saturated heterocycles. The summed E-state index contributed by atoms with van der Waals surface area (Å²) < 4.78 is 27.2. The van der Waals surface area contributed by atoms with Crippen molar-refractivity contribution < 1.29 is 23.1 Å². The van der Waals surface area contributed by atoms with E-state index < -0.39 is 34.5 Å². The van der Waals surface area contributed by atoms with Crippen LogP contribution in [0.1, 0.15) is 29.6 Å². The Morgan fingerprint density at radius 3 is 2.55 bits per heavy atom. The van der Waals surface area contributed by atoms with Gasteiger partial charge in [0.1, 0.15) is 6.04 Å². The van der Waals surface area contributed by atoms with Crippen LogP contribution in [0.5, 0.6) is 0 Å². The molecular weight excluding hydrogens is 508 g/mol. The van der Waals surface area contributed by atoms with Crippen LogP contribution in [-0.4, -0.2) is 76.7 Å². The number of anilines is 1. The van der Waals surface area contributed by atoms with Gasteiger partial charge in [-0.2, -0.15) is 4.72 Å². The molecule has 11 nitrogen and oxygen atoms in total. The van der Waals surface area contributed by atoms with E-state index in [0.717, 1.165) is 63.6 Å². The van der Waals surface area contributed by atoms with E-state index in [2.05, 4.69) is 30.6 Å². The number of hydrogen-bond acceptors (Lipinski definition) is 8. The molecule has 2 aliphatic rings. The Labute approximate surface area is 222 Å². The first-order valence-corrected chi connectivity index (χ1v) is 14.3. The van der Waals surface area contributed by atoms with Crippen LogP contribution in [0.3, 0.4) is 0 Å². The Morgan fingerprint density at radius 2 is 1.87 bits per heavy atom. The standard InChI is InChI=1S/C26H34N6O5S/c33-24(29-18-23(25(34)35)31-38(36,37)22-8-2-1-3-9-22)20-6-4-7-21(16-20)32-14-10-19(11-15-32)17-30-26-27-12-5-13-28-26/h1-4,6-9,16,19,23,31H,5,10-15,17-18H2,(H,29,33)(H,34,35)(H2,27,28,30)/t23-/m0/s1. The quantitative estimate of drug-likeness (QED) is 0.298. The molecule has 0 bridgehead atoms. The van der Waals surface area contributed by atoms with E-state index in [9.17, 15) is 23.1 Å². The third-order valence-electron chi connectivity index (χ3n) is 6.66. The lowest BCUT2D eigenvalue weighted by Gasteiger charge is -2.34. The van der Waals surface area contributed by atoms with Gasteiger partial charge in [0.25, 0.3) is 5.91 Å². The number of aliphatic carboxylic acids is 1. The maximum Gasteiger partial charge on any atom is 0.323 e. The van der Waals surface area contributed by atoms with Crippen LogP contribution in [0.2, 0.25) is 0 Å². The van der Waals surface area contributed by atoms with Gasteiger partial charge in [0.2, 0.25) is 10.0 Å². The molecular formula is C26H34N6O5S. The fourth-order valence-corrected chi connectivity index (χ4v) is 5.67. The van der Waals surface area contributed by atoms with Crippen molar-refractivity contribution in [3.8, 4) is 0 Å². The van der Waals surface area contributed by atoms with E-state index in [1.165, 1.54) is 12.1 Å². The molecule has 5 N–H and O–H groups in total. The summed E-state index contributed by atoms with van der Waals surface area (Å²) in [5.74, 6) is -0.439. The number of carbonyl (C=O) groups is 2. The highest BCUT2D eigenvalue weighted by Gasteiger charge is 2.26. The molecule has 1 amide bonds. The van der Waals surface area contributed by atoms with Crippen LogP contribution in [0.25, 0.3) is 0 Å². The number of rotatable bonds is 10. The molecule has 2 heterocycles. The van der Waals surface area contributed by atoms with E-state index in [-0.39, 0.29) is 4.90 Å². The Bertz CT molecular complexity index is 1250. The maximum absolute atomic E-state index is 12.8. The predicted octanol–water partition coefficient (Wildman–Crippen LogP) is 1.00. The van der Waals surface area contributed by atoms with Gasteiger partial charge < -0.3 is 26.0 Å². The molecule has 0 saturated carbocycles. The Hall–Kier alpha value is -3.64. The normalized spacial score (nSPS) is 17.2. The third kappa shape index (κ3) is 7.45. The number of hydrogen-bond donors (Lipinski definition) is 5. The molecule has 0 radical (unpaired) electrons. The summed E-state index contributed by atoms with van der Waals surface area (Å²) in [5.41, 5.74) is 1.30. The van der Waals surface area contributed by atoms with Crippen LogP contribution in [0.4, 0.5) is 5.69 Å². The molecule has 4 rings (SSSR count). The van der Waals surface area contributed by atoms with Crippen LogP contribution in [0.15, 0.2) is 64.5 Å². The van der Waals surface area contributed by atoms with E-state index in [0.29, 0.717) is 11.5 Å². The second kappa shape index (κ2) is 12.7. The van der Waals surface area contributed by atoms with Crippen LogP contribution >= 0.6 is 0 Å². The maximum atomic E-state index is 12.8. The van der Waals surface area contributed by atoms with Gasteiger partial charge in [-0.05, 0) is 55.5 Å². The Kier molecular flexibility index (Phi) is 9.19. The van der Waals surface area contributed by atoms with Crippen LogP contribution in [-0.2, 0) is 14.8 Å². The van der Waals surface area contributed by atoms with Crippen molar-refractivity contribution in [2.75, 3.05) is 44.2 Å². The summed E-state index contributed by atoms with van der Waals surface area (Å²) in [6, 6.07) is 13.1. The van der Waals surface area contributed by atoms with Gasteiger partial charge >= 0.3 is 5.97 Å². The second-order valence-corrected chi connectivity index (χ2v) is 11.1. The summed E-state index contributed by atoms with van der Waals surface area (Å²) >= 11 is 0. The number of guanidine groups is 1. The second-order valence-electron chi connectivity index (χ2n) is 9.41. The van der Waals surface area contributed by atoms with Crippen molar-refractivity contribution in [3.05, 3.63) is 60.2 Å². The lowest BCUT2D eigenvalue weighted by atomic mass is 9.96. The zero-order valence-electron chi connectivity index (χ0n) is 21.1. The van der Waals surface area contributed by atoms with Gasteiger partial charge in [-0.25, -0.2) is 8.42 Å². The minimum Gasteiger partial charge on any atom is -0.480 e. The third-order valence-corrected chi connectivity index (χ3v) is 8.15. The van der Waals surface area contributed by atoms with Gasteiger partial charge in [-0.3, -0.25) is 14.6 Å². The number of nitrogens with zero attached hydrogens (tertiary/aromatic N) is 2. The van der Waals surface area contributed by atoms with Crippen molar-refractivity contribution in [1.29, 1.82) is 0 Å². The highest BCUT2D eigenvalue weighted by molar-refractivity contribution is 7.89. The fourth-order valence-electron chi connectivity index (χ4n) is 4.46. The first-order chi connectivity index (χ1) is 18.3. The van der Waals surface area contributed by atoms with E-state index in [4.69, 9.17) is 0 Å². The molecule has 1 fully saturated rings. The Morgan fingerprint density at radius 1 is 1.11 bits per heavy atom. The molecule has 1 atom stereocenters. The average molecular weight is 543 g/mol. The van der Waals surface area contributed by atoms with Crippen molar-refractivity contribution in [1.82, 2.24) is 20.7 Å². The van der Waals surface area contributed by atoms with Crippen molar-refractivity contribution in [3.63, 3.8) is 0 Å².